The molecular weight excluding hydrogens is 440 g/mol. The highest BCUT2D eigenvalue weighted by molar-refractivity contribution is 5.70. The molecule has 0 atom stereocenters. The molecule has 2 aliphatic rings. The first-order chi connectivity index (χ1) is 15.7. The van der Waals surface area contributed by atoms with Crippen LogP contribution < -0.4 is 0 Å². The second-order valence-corrected chi connectivity index (χ2v) is 7.81. The van der Waals surface area contributed by atoms with Gasteiger partial charge in [-0.15, -0.1) is 0 Å². The fourth-order valence-corrected chi connectivity index (χ4v) is 2.73. The molecular formula is C22H40O11. The van der Waals surface area contributed by atoms with E-state index in [0.29, 0.717) is 52.5 Å². The summed E-state index contributed by atoms with van der Waals surface area (Å²) in [6.45, 7) is 10.2. The molecule has 0 aromatic carbocycles. The van der Waals surface area contributed by atoms with Gasteiger partial charge < -0.3 is 42.6 Å². The summed E-state index contributed by atoms with van der Waals surface area (Å²) in [6.07, 6.45) is 1.88. The number of carbonyl (C=O) groups is 2. The molecule has 0 aliphatic carbocycles. The summed E-state index contributed by atoms with van der Waals surface area (Å²) >= 11 is 0. The fourth-order valence-electron chi connectivity index (χ4n) is 2.73. The van der Waals surface area contributed by atoms with Crippen molar-refractivity contribution in [3.63, 3.8) is 0 Å². The first-order valence-electron chi connectivity index (χ1n) is 11.3. The van der Waals surface area contributed by atoms with E-state index in [9.17, 15) is 9.59 Å². The normalized spacial score (nSPS) is 29.2. The Balaban J connectivity index is 0.000000420. The molecule has 0 aromatic rings. The largest absolute Gasteiger partial charge is 0.467 e. The number of rotatable bonds is 11. The summed E-state index contributed by atoms with van der Waals surface area (Å²) in [4.78, 5) is 21.8. The SMILES string of the molecule is CCC1(OCC(=O)OC)OCC2(COC(C)(OC)OC2)CO1.CCCOCCOC(=O)CC. The minimum absolute atomic E-state index is 0.162. The molecule has 2 aliphatic heterocycles. The molecule has 1 spiro atoms. The van der Waals surface area contributed by atoms with Gasteiger partial charge in [-0.05, 0) is 6.42 Å². The van der Waals surface area contributed by atoms with E-state index < -0.39 is 23.3 Å². The quantitative estimate of drug-likeness (QED) is 0.319. The van der Waals surface area contributed by atoms with E-state index in [2.05, 4.69) is 4.74 Å². The Morgan fingerprint density at radius 1 is 0.848 bits per heavy atom. The van der Waals surface area contributed by atoms with Gasteiger partial charge in [-0.2, -0.15) is 0 Å². The van der Waals surface area contributed by atoms with Crippen molar-refractivity contribution < 1.29 is 52.2 Å². The van der Waals surface area contributed by atoms with Crippen LogP contribution in [0.5, 0.6) is 0 Å². The van der Waals surface area contributed by atoms with Crippen LogP contribution in [0.1, 0.15) is 47.0 Å². The number of hydrogen-bond donors (Lipinski definition) is 0. The molecule has 11 nitrogen and oxygen atoms in total. The Kier molecular flexibility index (Phi) is 13.3. The van der Waals surface area contributed by atoms with Crippen molar-refractivity contribution in [2.75, 3.05) is 67.1 Å². The van der Waals surface area contributed by atoms with E-state index in [4.69, 9.17) is 37.9 Å². The van der Waals surface area contributed by atoms with Gasteiger partial charge in [0.1, 0.15) is 13.2 Å². The average molecular weight is 481 g/mol. The number of methoxy groups -OCH3 is 2. The van der Waals surface area contributed by atoms with Crippen LogP contribution in [0.25, 0.3) is 0 Å². The van der Waals surface area contributed by atoms with Crippen molar-refractivity contribution >= 4 is 11.9 Å². The van der Waals surface area contributed by atoms with Gasteiger partial charge >= 0.3 is 11.9 Å². The van der Waals surface area contributed by atoms with Crippen LogP contribution in [0.4, 0.5) is 0 Å². The molecule has 2 heterocycles. The molecule has 0 radical (unpaired) electrons. The molecule has 33 heavy (non-hydrogen) atoms. The van der Waals surface area contributed by atoms with Gasteiger partial charge in [0.2, 0.25) is 0 Å². The Hall–Kier alpha value is -1.34. The van der Waals surface area contributed by atoms with Crippen LogP contribution in [0, 0.1) is 5.41 Å². The third kappa shape index (κ3) is 10.2. The lowest BCUT2D eigenvalue weighted by molar-refractivity contribution is -0.457. The maximum absolute atomic E-state index is 11.2. The lowest BCUT2D eigenvalue weighted by Crippen LogP contribution is -2.59. The molecule has 0 saturated carbocycles. The molecule has 11 heteroatoms. The van der Waals surface area contributed by atoms with Crippen molar-refractivity contribution in [2.45, 2.75) is 58.9 Å². The number of carbonyl (C=O) groups excluding carboxylic acids is 2. The van der Waals surface area contributed by atoms with Crippen molar-refractivity contribution in [1.82, 2.24) is 0 Å². The minimum atomic E-state index is -1.23. The second-order valence-electron chi connectivity index (χ2n) is 7.81. The van der Waals surface area contributed by atoms with Crippen LogP contribution in [0.3, 0.4) is 0 Å². The lowest BCUT2D eigenvalue weighted by atomic mass is 9.90. The summed E-state index contributed by atoms with van der Waals surface area (Å²) in [5, 5.41) is 0. The monoisotopic (exact) mass is 480 g/mol. The van der Waals surface area contributed by atoms with E-state index in [1.165, 1.54) is 14.2 Å². The maximum Gasteiger partial charge on any atom is 0.332 e. The van der Waals surface area contributed by atoms with Crippen molar-refractivity contribution in [1.29, 1.82) is 0 Å². The van der Waals surface area contributed by atoms with Crippen molar-refractivity contribution in [3.8, 4) is 0 Å². The van der Waals surface area contributed by atoms with Crippen LogP contribution in [-0.2, 0) is 52.2 Å². The van der Waals surface area contributed by atoms with Gasteiger partial charge in [-0.1, -0.05) is 20.8 Å². The highest BCUT2D eigenvalue weighted by Crippen LogP contribution is 2.38. The first kappa shape index (κ1) is 29.7. The standard InChI is InChI=1S/C14H24O8.C8H16O3/c1-5-14(18-6-11(15)16-3)21-9-13(10-22-14)7-19-12(2,17-4)20-8-13;1-3-5-10-6-7-11-8(9)4-2/h5-10H2,1-4H3;3-7H2,1-2H3. The minimum Gasteiger partial charge on any atom is -0.467 e. The van der Waals surface area contributed by atoms with Crippen LogP contribution in [0.15, 0.2) is 0 Å². The Labute approximate surface area is 196 Å². The summed E-state index contributed by atoms with van der Waals surface area (Å²) in [6, 6.07) is 0. The molecule has 2 rings (SSSR count). The predicted octanol–water partition coefficient (Wildman–Crippen LogP) is 2.01. The third-order valence-corrected chi connectivity index (χ3v) is 5.05. The Bertz CT molecular complexity index is 563. The molecule has 0 unspecified atom stereocenters. The third-order valence-electron chi connectivity index (χ3n) is 5.05. The highest BCUT2D eigenvalue weighted by atomic mass is 16.9. The van der Waals surface area contributed by atoms with Gasteiger partial charge in [0.15, 0.2) is 0 Å². The van der Waals surface area contributed by atoms with E-state index in [0.717, 1.165) is 13.0 Å². The maximum atomic E-state index is 11.2. The van der Waals surface area contributed by atoms with Gasteiger partial charge in [-0.25, -0.2) is 4.79 Å². The van der Waals surface area contributed by atoms with Gasteiger partial charge in [0.25, 0.3) is 11.9 Å². The van der Waals surface area contributed by atoms with E-state index in [1.54, 1.807) is 13.8 Å². The Morgan fingerprint density at radius 3 is 1.94 bits per heavy atom. The zero-order chi connectivity index (χ0) is 24.8. The average Bonchev–Trinajstić information content (AvgIpc) is 2.86. The number of hydrogen-bond acceptors (Lipinski definition) is 11. The summed E-state index contributed by atoms with van der Waals surface area (Å²) < 4.78 is 47.7. The number of esters is 2. The van der Waals surface area contributed by atoms with Gasteiger partial charge in [0, 0.05) is 33.5 Å². The molecule has 2 saturated heterocycles. The topological polar surface area (TPSA) is 117 Å². The summed E-state index contributed by atoms with van der Waals surface area (Å²) in [7, 11) is 2.82. The predicted molar refractivity (Wildman–Crippen MR) is 115 cm³/mol. The van der Waals surface area contributed by atoms with Crippen molar-refractivity contribution in [3.05, 3.63) is 0 Å². The van der Waals surface area contributed by atoms with Gasteiger partial charge in [-0.3, -0.25) is 4.79 Å². The summed E-state index contributed by atoms with van der Waals surface area (Å²) in [5.74, 6) is -2.92. The van der Waals surface area contributed by atoms with Crippen molar-refractivity contribution in [2.24, 2.45) is 5.41 Å². The second kappa shape index (κ2) is 14.8. The van der Waals surface area contributed by atoms with Crippen LogP contribution >= 0.6 is 0 Å². The van der Waals surface area contributed by atoms with Crippen LogP contribution in [-0.4, -0.2) is 91.0 Å². The van der Waals surface area contributed by atoms with Gasteiger partial charge in [0.05, 0.1) is 45.6 Å². The highest BCUT2D eigenvalue weighted by Gasteiger charge is 2.50. The molecule has 2 fully saturated rings. The first-order valence-corrected chi connectivity index (χ1v) is 11.3. The molecule has 0 bridgehead atoms. The Morgan fingerprint density at radius 2 is 1.45 bits per heavy atom. The molecule has 0 aromatic heterocycles. The zero-order valence-corrected chi connectivity index (χ0v) is 20.8. The van der Waals surface area contributed by atoms with Crippen LogP contribution in [0.2, 0.25) is 0 Å². The zero-order valence-electron chi connectivity index (χ0n) is 20.8. The lowest BCUT2D eigenvalue weighted by Gasteiger charge is -2.49. The van der Waals surface area contributed by atoms with E-state index >= 15 is 0 Å². The summed E-state index contributed by atoms with van der Waals surface area (Å²) in [5.41, 5.74) is -0.411. The number of ether oxygens (including phenoxy) is 9. The molecule has 0 N–H and O–H groups in total. The fraction of sp³-hybridized carbons (Fsp3) is 0.909. The van der Waals surface area contributed by atoms with E-state index in [1.807, 2.05) is 13.8 Å². The smallest absolute Gasteiger partial charge is 0.332 e. The molecule has 0 amide bonds. The van der Waals surface area contributed by atoms with E-state index in [-0.39, 0.29) is 12.6 Å². The molecule has 194 valence electrons.